The fourth-order valence-corrected chi connectivity index (χ4v) is 0.475. The number of rotatable bonds is 6. The molecule has 0 spiro atoms. The first-order valence-corrected chi connectivity index (χ1v) is 4.52. The molecule has 0 fully saturated rings. The predicted octanol–water partition coefficient (Wildman–Crippen LogP) is 6.22. The Morgan fingerprint density at radius 1 is 0.308 bits per heavy atom. The Labute approximate surface area is 154 Å². The second-order valence-electron chi connectivity index (χ2n) is 3.34. The molecule has 0 saturated heterocycles. The first-order valence-electron chi connectivity index (χ1n) is 4.52. The summed E-state index contributed by atoms with van der Waals surface area (Å²) < 4.78 is 180. The maximum atomic E-state index is 11.5. The molecule has 0 aromatic rings. The van der Waals surface area contributed by atoms with E-state index in [1.54, 1.807) is 0 Å². The van der Waals surface area contributed by atoms with Crippen molar-refractivity contribution in [3.63, 3.8) is 0 Å². The van der Waals surface area contributed by atoms with E-state index in [1.807, 2.05) is 0 Å². The van der Waals surface area contributed by atoms with Gasteiger partial charge in [0, 0.05) is 0 Å². The third kappa shape index (κ3) is 7.15. The molecule has 166 valence electrons. The van der Waals surface area contributed by atoms with Gasteiger partial charge in [0.05, 0.1) is 25.7 Å². The molecule has 18 heteroatoms. The SMILES string of the molecule is F[C-](F)C(F)(F)C(F)(F)[C-](F)F.F[C-](F)C(F)(F)C(F)(F)[C-](F)F.[Cu+2].[Cu+2]. The van der Waals surface area contributed by atoms with Crippen molar-refractivity contribution >= 4 is 0 Å². The Kier molecular flexibility index (Phi) is 14.2. The second-order valence-corrected chi connectivity index (χ2v) is 3.34. The van der Waals surface area contributed by atoms with Gasteiger partial charge in [-0.25, -0.2) is 35.1 Å². The normalized spacial score (nSPS) is 13.4. The van der Waals surface area contributed by atoms with Crippen molar-refractivity contribution in [1.82, 2.24) is 0 Å². The molecule has 0 N–H and O–H groups in total. The molecule has 0 rings (SSSR count). The molecule has 0 saturated carbocycles. The minimum absolute atomic E-state index is 0. The van der Waals surface area contributed by atoms with E-state index in [0.717, 1.165) is 0 Å². The van der Waals surface area contributed by atoms with Gasteiger partial charge in [0.15, 0.2) is 0 Å². The summed E-state index contributed by atoms with van der Waals surface area (Å²) in [6, 6.07) is 0. The Hall–Kier alpha value is -0.0810. The zero-order valence-corrected chi connectivity index (χ0v) is 12.5. The first kappa shape index (κ1) is 33.5. The van der Waals surface area contributed by atoms with Crippen molar-refractivity contribution in [2.24, 2.45) is 0 Å². The molecule has 2 radical (unpaired) electrons. The Morgan fingerprint density at radius 3 is 0.423 bits per heavy atom. The summed E-state index contributed by atoms with van der Waals surface area (Å²) in [7, 11) is 0. The maximum absolute atomic E-state index is 11.5. The average molecular weight is 527 g/mol. The molecule has 0 atom stereocenters. The fraction of sp³-hybridized carbons (Fsp3) is 0.500. The molecular formula is C8Cu2F16. The van der Waals surface area contributed by atoms with E-state index in [4.69, 9.17) is 0 Å². The summed E-state index contributed by atoms with van der Waals surface area (Å²) in [5.41, 5.74) is 0. The number of hydrogen-bond acceptors (Lipinski definition) is 0. The topological polar surface area (TPSA) is 0 Å². The summed E-state index contributed by atoms with van der Waals surface area (Å²) in [4.78, 5) is 0. The molecule has 0 unspecified atom stereocenters. The van der Waals surface area contributed by atoms with Crippen LogP contribution in [0, 0.1) is 25.7 Å². The van der Waals surface area contributed by atoms with Gasteiger partial charge in [0.25, 0.3) is 0 Å². The average Bonchev–Trinajstić information content (AvgIpc) is 2.37. The molecule has 26 heavy (non-hydrogen) atoms. The van der Waals surface area contributed by atoms with E-state index < -0.39 is 49.4 Å². The third-order valence-electron chi connectivity index (χ3n) is 1.74. The number of halogens is 16. The molecule has 0 aromatic carbocycles. The molecule has 0 aliphatic rings. The van der Waals surface area contributed by atoms with Crippen LogP contribution in [0.2, 0.25) is 0 Å². The summed E-state index contributed by atoms with van der Waals surface area (Å²) in [6.45, 7) is 0. The van der Waals surface area contributed by atoms with Gasteiger partial charge in [-0.3, -0.25) is 0 Å². The molecule has 0 heterocycles. The van der Waals surface area contributed by atoms with Crippen LogP contribution < -0.4 is 0 Å². The van der Waals surface area contributed by atoms with Crippen molar-refractivity contribution in [2.45, 2.75) is 23.7 Å². The quantitative estimate of drug-likeness (QED) is 0.219. The van der Waals surface area contributed by atoms with Crippen LogP contribution in [0.5, 0.6) is 0 Å². The van der Waals surface area contributed by atoms with Crippen molar-refractivity contribution in [2.75, 3.05) is 0 Å². The van der Waals surface area contributed by atoms with Crippen molar-refractivity contribution in [3.8, 4) is 0 Å². The van der Waals surface area contributed by atoms with Crippen LogP contribution in [0.15, 0.2) is 0 Å². The van der Waals surface area contributed by atoms with Gasteiger partial charge < -0.3 is 35.1 Å². The predicted molar refractivity (Wildman–Crippen MR) is 41.6 cm³/mol. The van der Waals surface area contributed by atoms with E-state index in [-0.39, 0.29) is 34.1 Å². The zero-order chi connectivity index (χ0) is 20.3. The zero-order valence-electron chi connectivity index (χ0n) is 10.7. The summed E-state index contributed by atoms with van der Waals surface area (Å²) in [6.07, 6.45) is -16.2. The maximum Gasteiger partial charge on any atom is 2.00 e. The molecule has 0 aliphatic heterocycles. The van der Waals surface area contributed by atoms with Gasteiger partial charge >= 0.3 is 34.1 Å². The number of hydrogen-bond donors (Lipinski definition) is 0. The van der Waals surface area contributed by atoms with E-state index >= 15 is 0 Å². The van der Waals surface area contributed by atoms with E-state index in [1.165, 1.54) is 0 Å². The van der Waals surface area contributed by atoms with Crippen LogP contribution in [0.25, 0.3) is 0 Å². The first-order chi connectivity index (χ1) is 10.3. The molecule has 0 bridgehead atoms. The van der Waals surface area contributed by atoms with Crippen molar-refractivity contribution in [3.05, 3.63) is 25.7 Å². The van der Waals surface area contributed by atoms with Crippen LogP contribution in [-0.2, 0) is 34.1 Å². The summed E-state index contributed by atoms with van der Waals surface area (Å²) in [5, 5.41) is 0. The fourth-order valence-electron chi connectivity index (χ4n) is 0.475. The molecular weight excluding hydrogens is 527 g/mol. The van der Waals surface area contributed by atoms with Crippen LogP contribution in [-0.4, -0.2) is 23.7 Å². The van der Waals surface area contributed by atoms with Gasteiger partial charge in [-0.15, -0.1) is 0 Å². The Bertz CT molecular complexity index is 308. The standard InChI is InChI=1S/2C4F8.2Cu/c2*5-1(6)3(9,10)4(11,12)2(7)8;;/q2*-2;2*+2. The van der Waals surface area contributed by atoms with E-state index in [0.29, 0.717) is 0 Å². The van der Waals surface area contributed by atoms with Gasteiger partial charge in [0.1, 0.15) is 0 Å². The minimum atomic E-state index is -6.12. The number of alkyl halides is 8. The van der Waals surface area contributed by atoms with Gasteiger partial charge in [-0.1, -0.05) is 0 Å². The molecule has 0 aromatic heterocycles. The van der Waals surface area contributed by atoms with Gasteiger partial charge in [-0.05, 0) is 0 Å². The van der Waals surface area contributed by atoms with Crippen LogP contribution in [0.4, 0.5) is 70.2 Å². The van der Waals surface area contributed by atoms with Gasteiger partial charge in [0.2, 0.25) is 23.7 Å². The Morgan fingerprint density at radius 2 is 0.385 bits per heavy atom. The smallest absolute Gasteiger partial charge is 0.415 e. The minimum Gasteiger partial charge on any atom is -0.415 e. The molecule has 0 aliphatic carbocycles. The van der Waals surface area contributed by atoms with Crippen LogP contribution in [0.1, 0.15) is 0 Å². The van der Waals surface area contributed by atoms with E-state index in [9.17, 15) is 70.2 Å². The monoisotopic (exact) mass is 526 g/mol. The van der Waals surface area contributed by atoms with Crippen molar-refractivity contribution in [1.29, 1.82) is 0 Å². The Balaban J connectivity index is -0.000000173. The largest absolute Gasteiger partial charge is 2.00 e. The van der Waals surface area contributed by atoms with Crippen molar-refractivity contribution < 1.29 is 104 Å². The summed E-state index contributed by atoms with van der Waals surface area (Å²) >= 11 is 0. The third-order valence-corrected chi connectivity index (χ3v) is 1.74. The second kappa shape index (κ2) is 11.1. The molecule has 0 amide bonds. The van der Waals surface area contributed by atoms with Crippen LogP contribution in [0.3, 0.4) is 0 Å². The van der Waals surface area contributed by atoms with E-state index in [2.05, 4.69) is 0 Å². The summed E-state index contributed by atoms with van der Waals surface area (Å²) in [5.74, 6) is -24.5. The van der Waals surface area contributed by atoms with Crippen LogP contribution >= 0.6 is 0 Å². The van der Waals surface area contributed by atoms with Gasteiger partial charge in [-0.2, -0.15) is 0 Å². The molecule has 0 nitrogen and oxygen atoms in total.